The maximum Gasteiger partial charge on any atom is 0.238 e. The number of nitrogen functional groups attached to an aromatic ring is 1. The van der Waals surface area contributed by atoms with Crippen LogP contribution in [0, 0.1) is 0 Å². The van der Waals surface area contributed by atoms with Crippen molar-refractivity contribution < 1.29 is 14.3 Å². The number of nitrogens with zero attached hydrogens (tertiary/aromatic N) is 2. The normalized spacial score (nSPS) is 20.6. The molecule has 164 valence electrons. The molecule has 2 heterocycles. The molecule has 2 fully saturated rings. The van der Waals surface area contributed by atoms with Crippen LogP contribution in [0.1, 0.15) is 43.2 Å². The Morgan fingerprint density at radius 1 is 1.13 bits per heavy atom. The van der Waals surface area contributed by atoms with Gasteiger partial charge in [0.25, 0.3) is 0 Å². The highest BCUT2D eigenvalue weighted by atomic mass is 16.5. The minimum atomic E-state index is -0.428. The number of carbonyl (C=O) groups excluding carboxylic acids is 1. The standard InChI is InChI=1S/C25H31N3O3/c1-27-12-8-20(9-13-27)31-22-15-18(26)14-21-23(22)28(24(29)25(21)10-3-11-25)16-17-4-6-19(30-2)7-5-17/h4-7,14-15,20H,3,8-13,16,26H2,1-2H3. The molecule has 6 heteroatoms. The molecule has 6 nitrogen and oxygen atoms in total. The van der Waals surface area contributed by atoms with Gasteiger partial charge in [-0.25, -0.2) is 0 Å². The average molecular weight is 422 g/mol. The number of fused-ring (bicyclic) bond motifs is 2. The Balaban J connectivity index is 1.51. The molecule has 3 aliphatic rings. The van der Waals surface area contributed by atoms with Gasteiger partial charge in [-0.2, -0.15) is 0 Å². The highest BCUT2D eigenvalue weighted by molar-refractivity contribution is 6.10. The summed E-state index contributed by atoms with van der Waals surface area (Å²) in [6, 6.07) is 11.8. The van der Waals surface area contributed by atoms with Gasteiger partial charge in [-0.1, -0.05) is 18.6 Å². The summed E-state index contributed by atoms with van der Waals surface area (Å²) in [4.78, 5) is 17.9. The molecule has 1 saturated carbocycles. The fourth-order valence-electron chi connectivity index (χ4n) is 5.20. The van der Waals surface area contributed by atoms with E-state index in [2.05, 4.69) is 11.9 Å². The van der Waals surface area contributed by atoms with Crippen molar-refractivity contribution in [2.75, 3.05) is 37.9 Å². The lowest BCUT2D eigenvalue weighted by Crippen LogP contribution is -2.44. The van der Waals surface area contributed by atoms with Gasteiger partial charge in [0.1, 0.15) is 17.6 Å². The minimum Gasteiger partial charge on any atom is -0.497 e. The first-order valence-electron chi connectivity index (χ1n) is 11.2. The molecule has 0 bridgehead atoms. The zero-order valence-corrected chi connectivity index (χ0v) is 18.4. The van der Waals surface area contributed by atoms with Gasteiger partial charge in [0, 0.05) is 24.8 Å². The van der Waals surface area contributed by atoms with Gasteiger partial charge in [0.05, 0.1) is 24.8 Å². The maximum absolute atomic E-state index is 13.7. The summed E-state index contributed by atoms with van der Waals surface area (Å²) in [7, 11) is 3.80. The number of piperidine rings is 1. The number of ether oxygens (including phenoxy) is 2. The third-order valence-corrected chi connectivity index (χ3v) is 7.20. The summed E-state index contributed by atoms with van der Waals surface area (Å²) in [6.45, 7) is 2.56. The number of amides is 1. The zero-order chi connectivity index (χ0) is 21.6. The summed E-state index contributed by atoms with van der Waals surface area (Å²) in [5.74, 6) is 1.75. The fraction of sp³-hybridized carbons (Fsp3) is 0.480. The molecular formula is C25H31N3O3. The lowest BCUT2D eigenvalue weighted by atomic mass is 9.65. The molecule has 2 aromatic carbocycles. The van der Waals surface area contributed by atoms with Gasteiger partial charge in [0.2, 0.25) is 5.91 Å². The second-order valence-corrected chi connectivity index (χ2v) is 9.21. The first-order valence-corrected chi connectivity index (χ1v) is 11.2. The van der Waals surface area contributed by atoms with Crippen LogP contribution in [0.15, 0.2) is 36.4 Å². The molecule has 1 amide bonds. The number of benzene rings is 2. The average Bonchev–Trinajstić information content (AvgIpc) is 2.98. The SMILES string of the molecule is COc1ccc(CN2C(=O)C3(CCC3)c3cc(N)cc(OC4CCN(C)CC4)c32)cc1. The first kappa shape index (κ1) is 20.2. The van der Waals surface area contributed by atoms with E-state index in [1.807, 2.05) is 41.3 Å². The summed E-state index contributed by atoms with van der Waals surface area (Å²) in [5.41, 5.74) is 9.60. The van der Waals surface area contributed by atoms with E-state index >= 15 is 0 Å². The molecule has 1 saturated heterocycles. The van der Waals surface area contributed by atoms with Crippen molar-refractivity contribution in [2.24, 2.45) is 0 Å². The van der Waals surface area contributed by atoms with Crippen molar-refractivity contribution in [1.82, 2.24) is 4.90 Å². The maximum atomic E-state index is 13.7. The van der Waals surface area contributed by atoms with E-state index < -0.39 is 5.41 Å². The predicted molar refractivity (Wildman–Crippen MR) is 122 cm³/mol. The van der Waals surface area contributed by atoms with Crippen LogP contribution >= 0.6 is 0 Å². The predicted octanol–water partition coefficient (Wildman–Crippen LogP) is 3.72. The summed E-state index contributed by atoms with van der Waals surface area (Å²) < 4.78 is 11.8. The molecule has 2 aliphatic heterocycles. The number of hydrogen-bond donors (Lipinski definition) is 1. The number of carbonyl (C=O) groups is 1. The number of methoxy groups -OCH3 is 1. The highest BCUT2D eigenvalue weighted by Crippen LogP contribution is 2.57. The third-order valence-electron chi connectivity index (χ3n) is 7.20. The second-order valence-electron chi connectivity index (χ2n) is 9.21. The molecule has 1 spiro atoms. The van der Waals surface area contributed by atoms with E-state index in [4.69, 9.17) is 15.2 Å². The van der Waals surface area contributed by atoms with Gasteiger partial charge in [0.15, 0.2) is 0 Å². The van der Waals surface area contributed by atoms with Crippen LogP contribution in [-0.2, 0) is 16.8 Å². The number of hydrogen-bond acceptors (Lipinski definition) is 5. The van der Waals surface area contributed by atoms with Crippen LogP contribution in [0.25, 0.3) is 0 Å². The number of likely N-dealkylation sites (tertiary alicyclic amines) is 1. The number of anilines is 2. The fourth-order valence-corrected chi connectivity index (χ4v) is 5.20. The number of rotatable bonds is 5. The molecule has 0 atom stereocenters. The zero-order valence-electron chi connectivity index (χ0n) is 18.4. The van der Waals surface area contributed by atoms with E-state index in [9.17, 15) is 4.79 Å². The minimum absolute atomic E-state index is 0.151. The van der Waals surface area contributed by atoms with Crippen LogP contribution in [0.2, 0.25) is 0 Å². The quantitative estimate of drug-likeness (QED) is 0.746. The van der Waals surface area contributed by atoms with Crippen molar-refractivity contribution in [3.63, 3.8) is 0 Å². The van der Waals surface area contributed by atoms with E-state index in [0.29, 0.717) is 12.2 Å². The molecule has 5 rings (SSSR count). The highest BCUT2D eigenvalue weighted by Gasteiger charge is 2.55. The van der Waals surface area contributed by atoms with Crippen LogP contribution in [0.4, 0.5) is 11.4 Å². The molecular weight excluding hydrogens is 390 g/mol. The summed E-state index contributed by atoms with van der Waals surface area (Å²) >= 11 is 0. The molecule has 0 unspecified atom stereocenters. The first-order chi connectivity index (χ1) is 15.0. The van der Waals surface area contributed by atoms with E-state index in [-0.39, 0.29) is 12.0 Å². The molecule has 0 radical (unpaired) electrons. The number of nitrogens with two attached hydrogens (primary N) is 1. The molecule has 2 aromatic rings. The Hall–Kier alpha value is -2.73. The Bertz CT molecular complexity index is 976. The van der Waals surface area contributed by atoms with E-state index in [1.54, 1.807) is 7.11 Å². The topological polar surface area (TPSA) is 68.0 Å². The van der Waals surface area contributed by atoms with Gasteiger partial charge < -0.3 is 25.0 Å². The van der Waals surface area contributed by atoms with E-state index in [1.165, 1.54) is 0 Å². The van der Waals surface area contributed by atoms with Crippen molar-refractivity contribution in [3.05, 3.63) is 47.5 Å². The van der Waals surface area contributed by atoms with Crippen LogP contribution in [-0.4, -0.2) is 44.2 Å². The third kappa shape index (κ3) is 3.43. The van der Waals surface area contributed by atoms with Gasteiger partial charge in [-0.3, -0.25) is 4.79 Å². The molecule has 2 N–H and O–H groups in total. The monoisotopic (exact) mass is 421 g/mol. The van der Waals surface area contributed by atoms with Crippen molar-refractivity contribution in [3.8, 4) is 11.5 Å². The second kappa shape index (κ2) is 7.75. The summed E-state index contributed by atoms with van der Waals surface area (Å²) in [5, 5.41) is 0. The van der Waals surface area contributed by atoms with Crippen molar-refractivity contribution >= 4 is 17.3 Å². The van der Waals surface area contributed by atoms with Crippen molar-refractivity contribution in [1.29, 1.82) is 0 Å². The lowest BCUT2D eigenvalue weighted by molar-refractivity contribution is -0.126. The lowest BCUT2D eigenvalue weighted by Gasteiger charge is -2.37. The molecule has 31 heavy (non-hydrogen) atoms. The van der Waals surface area contributed by atoms with E-state index in [0.717, 1.165) is 73.5 Å². The Labute approximate surface area is 183 Å². The van der Waals surface area contributed by atoms with Crippen LogP contribution in [0.3, 0.4) is 0 Å². The largest absolute Gasteiger partial charge is 0.497 e. The van der Waals surface area contributed by atoms with Crippen LogP contribution < -0.4 is 20.1 Å². The summed E-state index contributed by atoms with van der Waals surface area (Å²) in [6.07, 6.45) is 4.96. The molecule has 1 aliphatic carbocycles. The van der Waals surface area contributed by atoms with Crippen LogP contribution in [0.5, 0.6) is 11.5 Å². The molecule has 0 aromatic heterocycles. The van der Waals surface area contributed by atoms with Gasteiger partial charge in [-0.05, 0) is 62.1 Å². The smallest absolute Gasteiger partial charge is 0.238 e. The van der Waals surface area contributed by atoms with Crippen molar-refractivity contribution in [2.45, 2.75) is 50.2 Å². The Morgan fingerprint density at radius 3 is 2.45 bits per heavy atom. The van der Waals surface area contributed by atoms with Gasteiger partial charge in [-0.15, -0.1) is 0 Å². The Morgan fingerprint density at radius 2 is 1.84 bits per heavy atom. The van der Waals surface area contributed by atoms with Gasteiger partial charge >= 0.3 is 0 Å². The Kier molecular flexibility index (Phi) is 5.05.